The maximum absolute atomic E-state index is 13.2. The Balaban J connectivity index is 2.37. The van der Waals surface area contributed by atoms with Crippen molar-refractivity contribution in [3.63, 3.8) is 0 Å². The topological polar surface area (TPSA) is 82.0 Å². The van der Waals surface area contributed by atoms with Crippen LogP contribution in [-0.4, -0.2) is 49.1 Å². The van der Waals surface area contributed by atoms with Crippen molar-refractivity contribution in [2.24, 2.45) is 4.90 Å². The van der Waals surface area contributed by atoms with E-state index in [9.17, 15) is 14.6 Å². The van der Waals surface area contributed by atoms with Gasteiger partial charge in [0.25, 0.3) is 19.8 Å². The third-order valence-electron chi connectivity index (χ3n) is 4.26. The van der Waals surface area contributed by atoms with Gasteiger partial charge in [0, 0.05) is 17.3 Å². The molecule has 0 aliphatic rings. The van der Waals surface area contributed by atoms with Crippen molar-refractivity contribution >= 4 is 39.0 Å². The normalized spacial score (nSPS) is 11.4. The van der Waals surface area contributed by atoms with Gasteiger partial charge in [-0.05, 0) is 69.9 Å². The minimum absolute atomic E-state index is 0.299. The van der Waals surface area contributed by atoms with Crippen LogP contribution in [0.4, 0.5) is 0 Å². The molecule has 2 aromatic carbocycles. The Bertz CT molecular complexity index is 932. The highest BCUT2D eigenvalue weighted by atomic mass is 16.2. The molecular weight excluding hydrogens is 364 g/mol. The van der Waals surface area contributed by atoms with E-state index in [2.05, 4.69) is 10.3 Å². The van der Waals surface area contributed by atoms with Gasteiger partial charge in [0.15, 0.2) is 0 Å². The molecule has 0 atom stereocenters. The average molecular weight is 388 g/mol. The number of carbonyl (C=O) groups excluding carboxylic acids is 2. The van der Waals surface area contributed by atoms with Gasteiger partial charge in [-0.25, -0.2) is 5.01 Å². The number of hydrogen-bond acceptors (Lipinski definition) is 4. The van der Waals surface area contributed by atoms with Crippen molar-refractivity contribution in [1.82, 2.24) is 10.4 Å². The van der Waals surface area contributed by atoms with Gasteiger partial charge in [-0.1, -0.05) is 23.3 Å². The third-order valence-corrected chi connectivity index (χ3v) is 4.26. The Morgan fingerprint density at radius 1 is 1.10 bits per heavy atom. The molecule has 0 bridgehead atoms. The summed E-state index contributed by atoms with van der Waals surface area (Å²) in [5.74, 6) is -0.768. The van der Waals surface area contributed by atoms with Crippen molar-refractivity contribution in [3.05, 3.63) is 64.2 Å². The minimum Gasteiger partial charge on any atom is -0.450 e. The lowest BCUT2D eigenvalue weighted by Crippen LogP contribution is -2.56. The first-order valence-electron chi connectivity index (χ1n) is 9.15. The molecule has 2 N–H and O–H groups in total. The summed E-state index contributed by atoms with van der Waals surface area (Å²) in [6.45, 7) is 9.35. The summed E-state index contributed by atoms with van der Waals surface area (Å²) in [6.07, 6.45) is 1.33. The summed E-state index contributed by atoms with van der Waals surface area (Å²) in [7, 11) is 6.10. The molecule has 8 heteroatoms. The Labute approximate surface area is 173 Å². The zero-order valence-electron chi connectivity index (χ0n) is 17.4. The standard InChI is InChI=1S/C21H24B2N3O3/c1-13-8-14(2)10-16(9-13)20(28)26(21(3,4)5)25-19(27)15-6-7-18(23-29)17(11-15)12-24-22/h6-12,29H,1-5H3,(H,25,27). The van der Waals surface area contributed by atoms with E-state index in [1.54, 1.807) is 24.3 Å². The van der Waals surface area contributed by atoms with Crippen molar-refractivity contribution in [2.45, 2.75) is 40.2 Å². The second kappa shape index (κ2) is 9.09. The highest BCUT2D eigenvalue weighted by molar-refractivity contribution is 6.47. The maximum atomic E-state index is 13.2. The first-order valence-corrected chi connectivity index (χ1v) is 9.15. The number of hydrogen-bond donors (Lipinski definition) is 2. The van der Waals surface area contributed by atoms with Gasteiger partial charge in [0.2, 0.25) is 0 Å². The van der Waals surface area contributed by atoms with E-state index in [1.165, 1.54) is 17.3 Å². The van der Waals surface area contributed by atoms with E-state index in [-0.39, 0.29) is 5.91 Å². The maximum Gasteiger partial charge on any atom is 0.327 e. The molecule has 3 radical (unpaired) electrons. The van der Waals surface area contributed by atoms with Gasteiger partial charge in [-0.2, -0.15) is 0 Å². The van der Waals surface area contributed by atoms with Crippen molar-refractivity contribution < 1.29 is 14.6 Å². The van der Waals surface area contributed by atoms with E-state index < -0.39 is 11.4 Å². The number of amides is 2. The van der Waals surface area contributed by atoms with E-state index in [1.807, 2.05) is 40.7 Å². The van der Waals surface area contributed by atoms with Crippen LogP contribution < -0.4 is 10.9 Å². The molecular formula is C21H24B2N3O3. The number of hydrazine groups is 1. The lowest BCUT2D eigenvalue weighted by Gasteiger charge is -2.35. The van der Waals surface area contributed by atoms with Gasteiger partial charge in [0.1, 0.15) is 0 Å². The zero-order chi connectivity index (χ0) is 21.8. The number of carbonyl (C=O) groups is 2. The van der Waals surface area contributed by atoms with E-state index in [4.69, 9.17) is 7.98 Å². The van der Waals surface area contributed by atoms with Crippen molar-refractivity contribution in [3.8, 4) is 0 Å². The molecule has 6 nitrogen and oxygen atoms in total. The lowest BCUT2D eigenvalue weighted by molar-refractivity contribution is 0.0358. The van der Waals surface area contributed by atoms with Crippen LogP contribution in [0.3, 0.4) is 0 Å². The molecule has 0 saturated heterocycles. The molecule has 0 saturated carbocycles. The summed E-state index contributed by atoms with van der Waals surface area (Å²) < 4.78 is 0. The van der Waals surface area contributed by atoms with Crippen LogP contribution >= 0.6 is 0 Å². The minimum atomic E-state index is -0.662. The molecule has 2 rings (SSSR count). The molecule has 147 valence electrons. The predicted molar refractivity (Wildman–Crippen MR) is 117 cm³/mol. The molecule has 0 aromatic heterocycles. The first kappa shape index (κ1) is 22.4. The summed E-state index contributed by atoms with van der Waals surface area (Å²) in [5.41, 5.74) is 5.73. The molecule has 0 heterocycles. The molecule has 0 unspecified atom stereocenters. The van der Waals surface area contributed by atoms with Crippen LogP contribution in [0.2, 0.25) is 0 Å². The fraction of sp³-hybridized carbons (Fsp3) is 0.286. The number of rotatable bonds is 4. The summed E-state index contributed by atoms with van der Waals surface area (Å²) >= 11 is 0. The van der Waals surface area contributed by atoms with Gasteiger partial charge < -0.3 is 9.93 Å². The summed E-state index contributed by atoms with van der Waals surface area (Å²) in [5, 5.41) is 10.6. The van der Waals surface area contributed by atoms with E-state index >= 15 is 0 Å². The van der Waals surface area contributed by atoms with Crippen LogP contribution in [0.1, 0.15) is 58.2 Å². The number of aryl methyl sites for hydroxylation is 2. The van der Waals surface area contributed by atoms with Gasteiger partial charge >= 0.3 is 7.48 Å². The Kier molecular flexibility index (Phi) is 7.03. The molecule has 0 aliphatic heterocycles. The quantitative estimate of drug-likeness (QED) is 0.475. The Morgan fingerprint density at radius 2 is 1.72 bits per heavy atom. The molecule has 0 spiro atoms. The zero-order valence-corrected chi connectivity index (χ0v) is 17.4. The highest BCUT2D eigenvalue weighted by Gasteiger charge is 2.30. The van der Waals surface area contributed by atoms with E-state index in [0.29, 0.717) is 22.2 Å². The van der Waals surface area contributed by atoms with Crippen LogP contribution in [-0.2, 0) is 0 Å². The van der Waals surface area contributed by atoms with E-state index in [0.717, 1.165) is 18.6 Å². The number of nitrogens with zero attached hydrogens (tertiary/aromatic N) is 2. The monoisotopic (exact) mass is 388 g/mol. The second-order valence-electron chi connectivity index (χ2n) is 7.88. The summed E-state index contributed by atoms with van der Waals surface area (Å²) in [6, 6.07) is 10.2. The molecule has 29 heavy (non-hydrogen) atoms. The first-order chi connectivity index (χ1) is 13.6. The second-order valence-corrected chi connectivity index (χ2v) is 7.88. The van der Waals surface area contributed by atoms with Crippen molar-refractivity contribution in [1.29, 1.82) is 0 Å². The molecule has 0 aliphatic carbocycles. The van der Waals surface area contributed by atoms with Gasteiger partial charge in [-0.3, -0.25) is 15.0 Å². The molecule has 0 fully saturated rings. The Hall–Kier alpha value is -2.86. The molecule has 2 aromatic rings. The smallest absolute Gasteiger partial charge is 0.327 e. The van der Waals surface area contributed by atoms with Crippen LogP contribution in [0.5, 0.6) is 0 Å². The fourth-order valence-corrected chi connectivity index (χ4v) is 2.94. The van der Waals surface area contributed by atoms with Crippen molar-refractivity contribution in [2.75, 3.05) is 0 Å². The number of benzene rings is 2. The van der Waals surface area contributed by atoms with Gasteiger partial charge in [0.05, 0.1) is 5.54 Å². The van der Waals surface area contributed by atoms with Crippen LogP contribution in [0.25, 0.3) is 0 Å². The highest BCUT2D eigenvalue weighted by Crippen LogP contribution is 2.18. The number of nitrogens with one attached hydrogen (secondary N) is 1. The van der Waals surface area contributed by atoms with Crippen LogP contribution in [0.15, 0.2) is 41.3 Å². The average Bonchev–Trinajstić information content (AvgIpc) is 2.64. The molecule has 2 amide bonds. The van der Waals surface area contributed by atoms with Gasteiger partial charge in [-0.15, -0.1) is 0 Å². The Morgan fingerprint density at radius 3 is 2.24 bits per heavy atom. The van der Waals surface area contributed by atoms with Crippen LogP contribution in [0, 0.1) is 13.8 Å². The SMILES string of the molecule is [B]N=Cc1cc(C(=O)NN(C(=O)c2cc(C)cc(C)c2)C(C)(C)C)ccc1[B]O. The third kappa shape index (κ3) is 5.57. The largest absolute Gasteiger partial charge is 0.450 e. The summed E-state index contributed by atoms with van der Waals surface area (Å²) in [4.78, 5) is 29.5. The predicted octanol–water partition coefficient (Wildman–Crippen LogP) is 1.63. The lowest BCUT2D eigenvalue weighted by atomic mass is 9.83. The fourth-order valence-electron chi connectivity index (χ4n) is 2.94.